The standard InChI is InChI=1S/C14H18N4OS/c1-8(2)17-10-4-5-11(9(3)6-10)13(19)18-14-16-7-12(15)20-14/h4-8,17H,15H2,1-3H3,(H,16,18,19). The van der Waals surface area contributed by atoms with Gasteiger partial charge in [-0.15, -0.1) is 0 Å². The lowest BCUT2D eigenvalue weighted by atomic mass is 10.1. The summed E-state index contributed by atoms with van der Waals surface area (Å²) in [6.45, 7) is 6.06. The highest BCUT2D eigenvalue weighted by Gasteiger charge is 2.11. The van der Waals surface area contributed by atoms with E-state index in [1.165, 1.54) is 17.5 Å². The zero-order valence-corrected chi connectivity index (χ0v) is 12.5. The molecule has 2 aromatic rings. The number of carbonyl (C=O) groups is 1. The van der Waals surface area contributed by atoms with Crippen LogP contribution in [-0.4, -0.2) is 16.9 Å². The number of carbonyl (C=O) groups excluding carboxylic acids is 1. The first-order valence-electron chi connectivity index (χ1n) is 6.35. The first kappa shape index (κ1) is 14.3. The third-order valence-corrected chi connectivity index (χ3v) is 3.41. The normalized spacial score (nSPS) is 10.6. The molecule has 0 spiro atoms. The molecule has 0 aliphatic heterocycles. The fourth-order valence-electron chi connectivity index (χ4n) is 1.85. The number of rotatable bonds is 4. The second-order valence-electron chi connectivity index (χ2n) is 4.85. The molecule has 0 radical (unpaired) electrons. The molecule has 0 saturated heterocycles. The highest BCUT2D eigenvalue weighted by atomic mass is 32.1. The van der Waals surface area contributed by atoms with Gasteiger partial charge in [-0.25, -0.2) is 4.98 Å². The summed E-state index contributed by atoms with van der Waals surface area (Å²) in [6, 6.07) is 6.03. The van der Waals surface area contributed by atoms with Crippen molar-refractivity contribution in [2.45, 2.75) is 26.8 Å². The first-order chi connectivity index (χ1) is 9.45. The van der Waals surface area contributed by atoms with Crippen LogP contribution >= 0.6 is 11.3 Å². The first-order valence-corrected chi connectivity index (χ1v) is 7.17. The number of benzene rings is 1. The molecule has 6 heteroatoms. The van der Waals surface area contributed by atoms with Crippen LogP contribution in [0.15, 0.2) is 24.4 Å². The lowest BCUT2D eigenvalue weighted by Gasteiger charge is -2.12. The van der Waals surface area contributed by atoms with Gasteiger partial charge in [0.1, 0.15) is 5.00 Å². The van der Waals surface area contributed by atoms with E-state index in [2.05, 4.69) is 29.5 Å². The predicted molar refractivity (Wildman–Crippen MR) is 84.4 cm³/mol. The van der Waals surface area contributed by atoms with Gasteiger partial charge in [0, 0.05) is 17.3 Å². The summed E-state index contributed by atoms with van der Waals surface area (Å²) in [5, 5.41) is 7.14. The average molecular weight is 290 g/mol. The molecule has 1 aromatic carbocycles. The average Bonchev–Trinajstić information content (AvgIpc) is 2.73. The molecule has 106 valence electrons. The summed E-state index contributed by atoms with van der Waals surface area (Å²) < 4.78 is 0. The Labute approximate surface area is 122 Å². The van der Waals surface area contributed by atoms with E-state index in [0.717, 1.165) is 11.3 Å². The topological polar surface area (TPSA) is 80.0 Å². The number of aromatic nitrogens is 1. The molecule has 4 N–H and O–H groups in total. The van der Waals surface area contributed by atoms with Crippen LogP contribution < -0.4 is 16.4 Å². The van der Waals surface area contributed by atoms with E-state index in [0.29, 0.717) is 21.7 Å². The van der Waals surface area contributed by atoms with Crippen LogP contribution in [0.3, 0.4) is 0 Å². The van der Waals surface area contributed by atoms with Crippen molar-refractivity contribution < 1.29 is 4.79 Å². The van der Waals surface area contributed by atoms with Crippen molar-refractivity contribution in [3.63, 3.8) is 0 Å². The van der Waals surface area contributed by atoms with Crippen molar-refractivity contribution in [1.82, 2.24) is 4.98 Å². The van der Waals surface area contributed by atoms with Crippen molar-refractivity contribution in [2.75, 3.05) is 16.4 Å². The van der Waals surface area contributed by atoms with Gasteiger partial charge in [0.2, 0.25) is 0 Å². The Balaban J connectivity index is 2.14. The molecule has 0 bridgehead atoms. The molecule has 2 rings (SSSR count). The van der Waals surface area contributed by atoms with E-state index in [9.17, 15) is 4.79 Å². The number of nitrogens with one attached hydrogen (secondary N) is 2. The van der Waals surface area contributed by atoms with Crippen molar-refractivity contribution in [1.29, 1.82) is 0 Å². The minimum absolute atomic E-state index is 0.173. The Morgan fingerprint density at radius 3 is 2.70 bits per heavy atom. The zero-order chi connectivity index (χ0) is 14.7. The van der Waals surface area contributed by atoms with Gasteiger partial charge in [-0.2, -0.15) is 0 Å². The SMILES string of the molecule is Cc1cc(NC(C)C)ccc1C(=O)Nc1ncc(N)s1. The van der Waals surface area contributed by atoms with Gasteiger partial charge in [0.25, 0.3) is 5.91 Å². The van der Waals surface area contributed by atoms with E-state index in [1.54, 1.807) is 0 Å². The van der Waals surface area contributed by atoms with Crippen LogP contribution in [0.2, 0.25) is 0 Å². The number of thiazole rings is 1. The maximum atomic E-state index is 12.2. The van der Waals surface area contributed by atoms with Crippen LogP contribution in [-0.2, 0) is 0 Å². The van der Waals surface area contributed by atoms with Crippen molar-refractivity contribution in [3.05, 3.63) is 35.5 Å². The molecule has 20 heavy (non-hydrogen) atoms. The number of hydrogen-bond donors (Lipinski definition) is 3. The Bertz CT molecular complexity index is 621. The third kappa shape index (κ3) is 3.48. The molecule has 1 amide bonds. The molecular weight excluding hydrogens is 272 g/mol. The van der Waals surface area contributed by atoms with Gasteiger partial charge < -0.3 is 11.1 Å². The van der Waals surface area contributed by atoms with Crippen LogP contribution in [0.1, 0.15) is 29.8 Å². The monoisotopic (exact) mass is 290 g/mol. The molecular formula is C14H18N4OS. The van der Waals surface area contributed by atoms with Gasteiger partial charge in [-0.3, -0.25) is 10.1 Å². The summed E-state index contributed by atoms with van der Waals surface area (Å²) in [5.74, 6) is -0.173. The van der Waals surface area contributed by atoms with Crippen molar-refractivity contribution in [3.8, 4) is 0 Å². The highest BCUT2D eigenvalue weighted by Crippen LogP contribution is 2.22. The second kappa shape index (κ2) is 5.92. The molecule has 0 unspecified atom stereocenters. The largest absolute Gasteiger partial charge is 0.389 e. The summed E-state index contributed by atoms with van der Waals surface area (Å²) in [4.78, 5) is 16.2. The van der Waals surface area contributed by atoms with E-state index in [4.69, 9.17) is 5.73 Å². The molecule has 0 saturated carbocycles. The van der Waals surface area contributed by atoms with Crippen LogP contribution in [0, 0.1) is 6.92 Å². The van der Waals surface area contributed by atoms with Crippen LogP contribution in [0.4, 0.5) is 15.8 Å². The molecule has 1 heterocycles. The van der Waals surface area contributed by atoms with Crippen molar-refractivity contribution >= 4 is 33.1 Å². The van der Waals surface area contributed by atoms with E-state index >= 15 is 0 Å². The van der Waals surface area contributed by atoms with Gasteiger partial charge in [-0.05, 0) is 44.5 Å². The second-order valence-corrected chi connectivity index (χ2v) is 5.91. The lowest BCUT2D eigenvalue weighted by molar-refractivity contribution is 0.102. The predicted octanol–water partition coefficient (Wildman–Crippen LogP) is 3.11. The van der Waals surface area contributed by atoms with E-state index in [1.807, 2.05) is 25.1 Å². The Morgan fingerprint density at radius 1 is 1.40 bits per heavy atom. The van der Waals surface area contributed by atoms with Gasteiger partial charge >= 0.3 is 0 Å². The van der Waals surface area contributed by atoms with Gasteiger partial charge in [-0.1, -0.05) is 11.3 Å². The molecule has 5 nitrogen and oxygen atoms in total. The number of anilines is 3. The number of hydrogen-bond acceptors (Lipinski definition) is 5. The minimum atomic E-state index is -0.173. The van der Waals surface area contributed by atoms with E-state index in [-0.39, 0.29) is 5.91 Å². The Hall–Kier alpha value is -2.08. The smallest absolute Gasteiger partial charge is 0.257 e. The molecule has 1 aromatic heterocycles. The van der Waals surface area contributed by atoms with Crippen LogP contribution in [0.5, 0.6) is 0 Å². The lowest BCUT2D eigenvalue weighted by Crippen LogP contribution is -2.14. The summed E-state index contributed by atoms with van der Waals surface area (Å²) >= 11 is 1.25. The molecule has 0 aliphatic carbocycles. The highest BCUT2D eigenvalue weighted by molar-refractivity contribution is 7.19. The summed E-state index contributed by atoms with van der Waals surface area (Å²) in [6.07, 6.45) is 1.53. The van der Waals surface area contributed by atoms with Crippen LogP contribution in [0.25, 0.3) is 0 Å². The van der Waals surface area contributed by atoms with Gasteiger partial charge in [0.05, 0.1) is 6.20 Å². The minimum Gasteiger partial charge on any atom is -0.389 e. The fraction of sp³-hybridized carbons (Fsp3) is 0.286. The maximum absolute atomic E-state index is 12.2. The Morgan fingerprint density at radius 2 is 2.15 bits per heavy atom. The summed E-state index contributed by atoms with van der Waals surface area (Å²) in [5.41, 5.74) is 8.14. The third-order valence-electron chi connectivity index (χ3n) is 2.67. The Kier molecular flexibility index (Phi) is 4.24. The number of nitrogens with two attached hydrogens (primary N) is 1. The number of aryl methyl sites for hydroxylation is 1. The zero-order valence-electron chi connectivity index (χ0n) is 11.7. The van der Waals surface area contributed by atoms with Gasteiger partial charge in [0.15, 0.2) is 5.13 Å². The quantitative estimate of drug-likeness (QED) is 0.808. The summed E-state index contributed by atoms with van der Waals surface area (Å²) in [7, 11) is 0. The number of nitrogen functional groups attached to an aromatic ring is 1. The molecule has 0 aliphatic rings. The molecule has 0 atom stereocenters. The molecule has 0 fully saturated rings. The number of amides is 1. The fourth-order valence-corrected chi connectivity index (χ4v) is 2.43. The number of nitrogens with zero attached hydrogens (tertiary/aromatic N) is 1. The van der Waals surface area contributed by atoms with Crippen molar-refractivity contribution in [2.24, 2.45) is 0 Å². The maximum Gasteiger partial charge on any atom is 0.257 e. The van der Waals surface area contributed by atoms with E-state index < -0.39 is 0 Å².